The molecule has 1 unspecified atom stereocenters. The molecule has 0 bridgehead atoms. The van der Waals surface area contributed by atoms with Gasteiger partial charge in [0.25, 0.3) is 0 Å². The highest BCUT2D eigenvalue weighted by Crippen LogP contribution is 2.31. The van der Waals surface area contributed by atoms with Gasteiger partial charge in [-0.15, -0.1) is 0 Å². The molecule has 1 atom stereocenters. The smallest absolute Gasteiger partial charge is 0.219 e. The van der Waals surface area contributed by atoms with Gasteiger partial charge in [-0.05, 0) is 12.5 Å². The zero-order valence-corrected chi connectivity index (χ0v) is 12.5. The molecule has 1 aromatic carbocycles. The van der Waals surface area contributed by atoms with E-state index in [1.54, 1.807) is 6.33 Å². The molecule has 4 N–H and O–H groups in total. The second-order valence-electron chi connectivity index (χ2n) is 5.48. The first-order valence-electron chi connectivity index (χ1n) is 7.41. The number of hydrogen-bond acceptors (Lipinski definition) is 4. The number of aromatic nitrogens is 3. The Morgan fingerprint density at radius 1 is 1.36 bits per heavy atom. The van der Waals surface area contributed by atoms with E-state index in [9.17, 15) is 4.79 Å². The zero-order chi connectivity index (χ0) is 15.7. The van der Waals surface area contributed by atoms with Crippen LogP contribution in [-0.4, -0.2) is 20.4 Å². The highest BCUT2D eigenvalue weighted by Gasteiger charge is 2.19. The molecule has 114 valence electrons. The minimum atomic E-state index is -0.313. The van der Waals surface area contributed by atoms with Crippen LogP contribution in [0, 0.1) is 0 Å². The van der Waals surface area contributed by atoms with Gasteiger partial charge in [-0.25, -0.2) is 9.97 Å². The van der Waals surface area contributed by atoms with Crippen molar-refractivity contribution in [1.82, 2.24) is 14.5 Å². The Labute approximate surface area is 128 Å². The summed E-state index contributed by atoms with van der Waals surface area (Å²) in [6, 6.07) is 7.78. The first kappa shape index (κ1) is 14.3. The number of carbonyl (C=O) groups excluding carboxylic acids is 1. The number of pyridine rings is 1. The van der Waals surface area contributed by atoms with Gasteiger partial charge in [0, 0.05) is 17.8 Å². The van der Waals surface area contributed by atoms with Crippen LogP contribution < -0.4 is 11.5 Å². The lowest BCUT2D eigenvalue weighted by molar-refractivity contribution is -0.118. The number of fused-ring (bicyclic) bond motifs is 3. The molecule has 3 rings (SSSR count). The number of nitrogens with zero attached hydrogens (tertiary/aromatic N) is 3. The van der Waals surface area contributed by atoms with Gasteiger partial charge in [0.15, 0.2) is 5.82 Å². The van der Waals surface area contributed by atoms with Crippen molar-refractivity contribution >= 4 is 33.7 Å². The predicted octanol–water partition coefficient (Wildman–Crippen LogP) is 2.38. The van der Waals surface area contributed by atoms with Crippen molar-refractivity contribution in [2.45, 2.75) is 32.2 Å². The molecule has 0 saturated carbocycles. The van der Waals surface area contributed by atoms with Crippen molar-refractivity contribution in [2.75, 3.05) is 5.73 Å². The Morgan fingerprint density at radius 2 is 2.14 bits per heavy atom. The third kappa shape index (κ3) is 2.36. The fraction of sp³-hybridized carbons (Fsp3) is 0.312. The Hall–Kier alpha value is -2.63. The Kier molecular flexibility index (Phi) is 3.66. The monoisotopic (exact) mass is 297 g/mol. The maximum absolute atomic E-state index is 11.4. The van der Waals surface area contributed by atoms with E-state index < -0.39 is 0 Å². The molecule has 0 fully saturated rings. The molecule has 0 spiro atoms. The van der Waals surface area contributed by atoms with Crippen LogP contribution in [0.3, 0.4) is 0 Å². The van der Waals surface area contributed by atoms with E-state index in [1.807, 2.05) is 28.8 Å². The van der Waals surface area contributed by atoms with Crippen molar-refractivity contribution in [3.05, 3.63) is 30.6 Å². The number of primary amides is 1. The molecule has 2 heterocycles. The second-order valence-corrected chi connectivity index (χ2v) is 5.48. The molecule has 6 nitrogen and oxygen atoms in total. The predicted molar refractivity (Wildman–Crippen MR) is 87.2 cm³/mol. The maximum atomic E-state index is 11.4. The second kappa shape index (κ2) is 5.63. The van der Waals surface area contributed by atoms with Crippen LogP contribution in [0.2, 0.25) is 0 Å². The molecule has 3 aromatic rings. The van der Waals surface area contributed by atoms with Gasteiger partial charge >= 0.3 is 0 Å². The van der Waals surface area contributed by atoms with E-state index in [0.29, 0.717) is 11.3 Å². The first-order valence-corrected chi connectivity index (χ1v) is 7.41. The van der Waals surface area contributed by atoms with Gasteiger partial charge in [-0.3, -0.25) is 4.79 Å². The van der Waals surface area contributed by atoms with Gasteiger partial charge in [-0.1, -0.05) is 31.5 Å². The average molecular weight is 297 g/mol. The van der Waals surface area contributed by atoms with Crippen LogP contribution in [0.25, 0.3) is 21.9 Å². The van der Waals surface area contributed by atoms with Crippen molar-refractivity contribution < 1.29 is 4.79 Å². The van der Waals surface area contributed by atoms with E-state index in [2.05, 4.69) is 16.9 Å². The lowest BCUT2D eigenvalue weighted by atomic mass is 10.1. The van der Waals surface area contributed by atoms with Crippen LogP contribution in [0.15, 0.2) is 30.6 Å². The number of para-hydroxylation sites is 1. The summed E-state index contributed by atoms with van der Waals surface area (Å²) in [4.78, 5) is 20.2. The van der Waals surface area contributed by atoms with Crippen LogP contribution in [0.1, 0.15) is 32.2 Å². The number of amides is 1. The first-order chi connectivity index (χ1) is 10.6. The quantitative estimate of drug-likeness (QED) is 0.755. The van der Waals surface area contributed by atoms with Gasteiger partial charge < -0.3 is 16.0 Å². The molecule has 0 saturated heterocycles. The molecule has 2 aromatic heterocycles. The molecular weight excluding hydrogens is 278 g/mol. The lowest BCUT2D eigenvalue weighted by Gasteiger charge is -2.18. The van der Waals surface area contributed by atoms with Crippen molar-refractivity contribution in [3.63, 3.8) is 0 Å². The third-order valence-corrected chi connectivity index (χ3v) is 3.89. The van der Waals surface area contributed by atoms with Crippen molar-refractivity contribution in [2.24, 2.45) is 5.73 Å². The number of nitrogen functional groups attached to an aromatic ring is 1. The maximum Gasteiger partial charge on any atom is 0.219 e. The molecular formula is C16H19N5O. The van der Waals surface area contributed by atoms with Gasteiger partial charge in [0.2, 0.25) is 5.91 Å². The summed E-state index contributed by atoms with van der Waals surface area (Å²) in [6.45, 7) is 2.08. The topological polar surface area (TPSA) is 99.8 Å². The van der Waals surface area contributed by atoms with Crippen molar-refractivity contribution in [3.8, 4) is 0 Å². The fourth-order valence-electron chi connectivity index (χ4n) is 2.95. The van der Waals surface area contributed by atoms with E-state index in [4.69, 9.17) is 11.5 Å². The number of carbonyl (C=O) groups is 1. The summed E-state index contributed by atoms with van der Waals surface area (Å²) in [6.07, 6.45) is 3.83. The summed E-state index contributed by atoms with van der Waals surface area (Å²) in [5.74, 6) is 0.0911. The van der Waals surface area contributed by atoms with Crippen molar-refractivity contribution in [1.29, 1.82) is 0 Å². The Bertz CT molecular complexity index is 839. The normalized spacial score (nSPS) is 12.8. The summed E-state index contributed by atoms with van der Waals surface area (Å²) in [7, 11) is 0. The average Bonchev–Trinajstić information content (AvgIpc) is 2.92. The number of hydrogen-bond donors (Lipinski definition) is 2. The summed E-state index contributed by atoms with van der Waals surface area (Å²) in [5.41, 5.74) is 13.9. The summed E-state index contributed by atoms with van der Waals surface area (Å²) >= 11 is 0. The highest BCUT2D eigenvalue weighted by atomic mass is 16.1. The molecule has 22 heavy (non-hydrogen) atoms. The summed E-state index contributed by atoms with van der Waals surface area (Å²) in [5, 5.41) is 0.981. The van der Waals surface area contributed by atoms with Gasteiger partial charge in [0.1, 0.15) is 5.52 Å². The lowest BCUT2D eigenvalue weighted by Crippen LogP contribution is -2.19. The van der Waals surface area contributed by atoms with E-state index in [1.165, 1.54) is 0 Å². The number of anilines is 1. The van der Waals surface area contributed by atoms with Crippen LogP contribution in [-0.2, 0) is 4.79 Å². The van der Waals surface area contributed by atoms with Gasteiger partial charge in [-0.2, -0.15) is 0 Å². The molecule has 0 radical (unpaired) electrons. The largest absolute Gasteiger partial charge is 0.382 e. The summed E-state index contributed by atoms with van der Waals surface area (Å²) < 4.78 is 2.02. The zero-order valence-electron chi connectivity index (χ0n) is 12.5. The minimum Gasteiger partial charge on any atom is -0.382 e. The Morgan fingerprint density at radius 3 is 2.86 bits per heavy atom. The standard InChI is InChI=1S/C16H19N5O/c1-2-5-10(8-13(17)22)21-9-19-14-15(21)11-6-3-4-7-12(11)20-16(14)18/h3-4,6-7,9-10H,2,5,8H2,1H3,(H2,17,22)(H2,18,20). The van der Waals surface area contributed by atoms with Gasteiger partial charge in [0.05, 0.1) is 17.4 Å². The van der Waals surface area contributed by atoms with E-state index >= 15 is 0 Å². The Balaban J connectivity index is 2.27. The van der Waals surface area contributed by atoms with Crippen LogP contribution in [0.5, 0.6) is 0 Å². The molecule has 0 aliphatic carbocycles. The SMILES string of the molecule is CCCC(CC(N)=O)n1cnc2c(N)nc3ccccc3c21. The minimum absolute atomic E-state index is 0.0160. The highest BCUT2D eigenvalue weighted by molar-refractivity contribution is 6.06. The molecule has 1 amide bonds. The van der Waals surface area contributed by atoms with Crippen LogP contribution in [0.4, 0.5) is 5.82 Å². The fourth-order valence-corrected chi connectivity index (χ4v) is 2.95. The number of imidazole rings is 1. The number of nitrogens with two attached hydrogens (primary N) is 2. The van der Waals surface area contributed by atoms with E-state index in [-0.39, 0.29) is 18.4 Å². The number of benzene rings is 1. The van der Waals surface area contributed by atoms with E-state index in [0.717, 1.165) is 29.3 Å². The molecule has 6 heteroatoms. The third-order valence-electron chi connectivity index (χ3n) is 3.89. The molecule has 0 aliphatic heterocycles. The molecule has 0 aliphatic rings. The van der Waals surface area contributed by atoms with Crippen LogP contribution >= 0.6 is 0 Å². The number of rotatable bonds is 5.